The molecular formula is C25H33N3O2. The second kappa shape index (κ2) is 9.73. The van der Waals surface area contributed by atoms with E-state index >= 15 is 0 Å². The SMILES string of the molecule is C[C@@H]1CN(Cc2ccc(C(=O)N[C@@H]3CCN(Cc4ccccc4)C3)cc2)C[C@@H](C)O1. The smallest absolute Gasteiger partial charge is 0.251 e. The quantitative estimate of drug-likeness (QED) is 0.798. The summed E-state index contributed by atoms with van der Waals surface area (Å²) in [6, 6.07) is 18.8. The van der Waals surface area contributed by atoms with Crippen LogP contribution in [0.4, 0.5) is 0 Å². The summed E-state index contributed by atoms with van der Waals surface area (Å²) >= 11 is 0. The highest BCUT2D eigenvalue weighted by Gasteiger charge is 2.25. The molecule has 160 valence electrons. The Kier molecular flexibility index (Phi) is 6.82. The molecule has 4 rings (SSSR count). The molecule has 0 bridgehead atoms. The predicted molar refractivity (Wildman–Crippen MR) is 119 cm³/mol. The minimum atomic E-state index is 0.0294. The third-order valence-electron chi connectivity index (χ3n) is 5.97. The van der Waals surface area contributed by atoms with Crippen LogP contribution in [0, 0.1) is 0 Å². The van der Waals surface area contributed by atoms with Gasteiger partial charge in [-0.05, 0) is 43.5 Å². The second-order valence-corrected chi connectivity index (χ2v) is 8.83. The molecule has 0 aliphatic carbocycles. The lowest BCUT2D eigenvalue weighted by molar-refractivity contribution is -0.0704. The third-order valence-corrected chi connectivity index (χ3v) is 5.97. The van der Waals surface area contributed by atoms with Gasteiger partial charge in [0, 0.05) is 50.9 Å². The Bertz CT molecular complexity index is 814. The van der Waals surface area contributed by atoms with Crippen LogP contribution in [0.5, 0.6) is 0 Å². The van der Waals surface area contributed by atoms with E-state index in [1.165, 1.54) is 11.1 Å². The Morgan fingerprint density at radius 1 is 0.900 bits per heavy atom. The number of hydrogen-bond donors (Lipinski definition) is 1. The van der Waals surface area contributed by atoms with Gasteiger partial charge in [-0.1, -0.05) is 42.5 Å². The highest BCUT2D eigenvalue weighted by Crippen LogP contribution is 2.16. The highest BCUT2D eigenvalue weighted by atomic mass is 16.5. The maximum atomic E-state index is 12.7. The molecule has 2 saturated heterocycles. The third kappa shape index (κ3) is 5.69. The van der Waals surface area contributed by atoms with Crippen LogP contribution in [-0.2, 0) is 17.8 Å². The average Bonchev–Trinajstić information content (AvgIpc) is 3.15. The molecule has 30 heavy (non-hydrogen) atoms. The van der Waals surface area contributed by atoms with Crippen molar-refractivity contribution < 1.29 is 9.53 Å². The zero-order chi connectivity index (χ0) is 20.9. The standard InChI is InChI=1S/C25H33N3O2/c1-19-14-28(15-20(2)30-19)17-22-8-10-23(11-9-22)25(29)26-24-12-13-27(18-24)16-21-6-4-3-5-7-21/h3-11,19-20,24H,12-18H2,1-2H3,(H,26,29)/t19-,20-,24-/m1/s1. The monoisotopic (exact) mass is 407 g/mol. The van der Waals surface area contributed by atoms with Gasteiger partial charge in [-0.2, -0.15) is 0 Å². The minimum Gasteiger partial charge on any atom is -0.373 e. The Morgan fingerprint density at radius 2 is 1.53 bits per heavy atom. The van der Waals surface area contributed by atoms with E-state index in [2.05, 4.69) is 65.4 Å². The normalized spacial score (nSPS) is 25.3. The van der Waals surface area contributed by atoms with Gasteiger partial charge in [-0.3, -0.25) is 14.6 Å². The van der Waals surface area contributed by atoms with Gasteiger partial charge in [-0.25, -0.2) is 0 Å². The molecule has 2 aromatic rings. The topological polar surface area (TPSA) is 44.8 Å². The molecule has 1 N–H and O–H groups in total. The lowest BCUT2D eigenvalue weighted by atomic mass is 10.1. The highest BCUT2D eigenvalue weighted by molar-refractivity contribution is 5.94. The molecule has 2 aliphatic rings. The first kappa shape index (κ1) is 21.0. The zero-order valence-electron chi connectivity index (χ0n) is 18.1. The number of amides is 1. The van der Waals surface area contributed by atoms with Crippen LogP contribution in [0.15, 0.2) is 54.6 Å². The Labute approximate surface area is 180 Å². The second-order valence-electron chi connectivity index (χ2n) is 8.83. The summed E-state index contributed by atoms with van der Waals surface area (Å²) in [6.45, 7) is 9.93. The molecule has 5 heteroatoms. The van der Waals surface area contributed by atoms with Crippen molar-refractivity contribution in [3.05, 3.63) is 71.3 Å². The number of nitrogens with one attached hydrogen (secondary N) is 1. The van der Waals surface area contributed by atoms with Crippen LogP contribution >= 0.6 is 0 Å². The summed E-state index contributed by atoms with van der Waals surface area (Å²) < 4.78 is 5.81. The van der Waals surface area contributed by atoms with Gasteiger partial charge >= 0.3 is 0 Å². The first-order valence-electron chi connectivity index (χ1n) is 11.1. The van der Waals surface area contributed by atoms with Crippen molar-refractivity contribution in [2.75, 3.05) is 26.2 Å². The van der Waals surface area contributed by atoms with Crippen molar-refractivity contribution in [1.29, 1.82) is 0 Å². The van der Waals surface area contributed by atoms with E-state index in [4.69, 9.17) is 4.74 Å². The lowest BCUT2D eigenvalue weighted by Crippen LogP contribution is -2.44. The molecule has 2 fully saturated rings. The fourth-order valence-corrected chi connectivity index (χ4v) is 4.64. The summed E-state index contributed by atoms with van der Waals surface area (Å²) in [7, 11) is 0. The van der Waals surface area contributed by atoms with E-state index in [1.54, 1.807) is 0 Å². The first-order valence-corrected chi connectivity index (χ1v) is 11.1. The van der Waals surface area contributed by atoms with Crippen molar-refractivity contribution in [3.8, 4) is 0 Å². The van der Waals surface area contributed by atoms with Gasteiger partial charge in [0.15, 0.2) is 0 Å². The number of ether oxygens (including phenoxy) is 1. The number of hydrogen-bond acceptors (Lipinski definition) is 4. The van der Waals surface area contributed by atoms with Crippen LogP contribution < -0.4 is 5.32 Å². The number of morpholine rings is 1. The van der Waals surface area contributed by atoms with Crippen molar-refractivity contribution in [2.45, 2.75) is 51.6 Å². The Morgan fingerprint density at radius 3 is 2.23 bits per heavy atom. The molecule has 1 amide bonds. The Hall–Kier alpha value is -2.21. The number of nitrogens with zero attached hydrogens (tertiary/aromatic N) is 2. The van der Waals surface area contributed by atoms with E-state index in [0.29, 0.717) is 0 Å². The minimum absolute atomic E-state index is 0.0294. The van der Waals surface area contributed by atoms with Crippen LogP contribution in [0.25, 0.3) is 0 Å². The molecule has 2 aliphatic heterocycles. The van der Waals surface area contributed by atoms with E-state index in [9.17, 15) is 4.79 Å². The molecule has 0 saturated carbocycles. The fourth-order valence-electron chi connectivity index (χ4n) is 4.64. The zero-order valence-corrected chi connectivity index (χ0v) is 18.1. The average molecular weight is 408 g/mol. The van der Waals surface area contributed by atoms with E-state index < -0.39 is 0 Å². The molecule has 0 unspecified atom stereocenters. The van der Waals surface area contributed by atoms with Gasteiger partial charge in [-0.15, -0.1) is 0 Å². The molecule has 2 heterocycles. The number of benzene rings is 2. The van der Waals surface area contributed by atoms with Gasteiger partial charge in [0.2, 0.25) is 0 Å². The van der Waals surface area contributed by atoms with Crippen LogP contribution in [0.2, 0.25) is 0 Å². The van der Waals surface area contributed by atoms with Gasteiger partial charge in [0.1, 0.15) is 0 Å². The summed E-state index contributed by atoms with van der Waals surface area (Å²) in [5.41, 5.74) is 3.30. The predicted octanol–water partition coefficient (Wildman–Crippen LogP) is 3.30. The van der Waals surface area contributed by atoms with Crippen LogP contribution in [0.3, 0.4) is 0 Å². The van der Waals surface area contributed by atoms with Crippen molar-refractivity contribution >= 4 is 5.91 Å². The summed E-state index contributed by atoms with van der Waals surface area (Å²) in [4.78, 5) is 17.5. The number of carbonyl (C=O) groups excluding carboxylic acids is 1. The molecule has 0 spiro atoms. The summed E-state index contributed by atoms with van der Waals surface area (Å²) in [5.74, 6) is 0.0294. The molecular weight excluding hydrogens is 374 g/mol. The van der Waals surface area contributed by atoms with Gasteiger partial charge in [0.05, 0.1) is 12.2 Å². The van der Waals surface area contributed by atoms with Crippen molar-refractivity contribution in [1.82, 2.24) is 15.1 Å². The fraction of sp³-hybridized carbons (Fsp3) is 0.480. The first-order chi connectivity index (χ1) is 14.5. The number of carbonyl (C=O) groups is 1. The summed E-state index contributed by atoms with van der Waals surface area (Å²) in [6.07, 6.45) is 1.54. The molecule has 0 radical (unpaired) electrons. The maximum Gasteiger partial charge on any atom is 0.251 e. The van der Waals surface area contributed by atoms with Crippen molar-refractivity contribution in [2.24, 2.45) is 0 Å². The van der Waals surface area contributed by atoms with E-state index in [1.807, 2.05) is 18.2 Å². The Balaban J connectivity index is 1.26. The molecule has 2 aromatic carbocycles. The molecule has 5 nitrogen and oxygen atoms in total. The van der Waals surface area contributed by atoms with E-state index in [-0.39, 0.29) is 24.2 Å². The number of rotatable bonds is 6. The van der Waals surface area contributed by atoms with Gasteiger partial charge < -0.3 is 10.1 Å². The molecule has 3 atom stereocenters. The largest absolute Gasteiger partial charge is 0.373 e. The molecule has 0 aromatic heterocycles. The summed E-state index contributed by atoms with van der Waals surface area (Å²) in [5, 5.41) is 3.22. The van der Waals surface area contributed by atoms with E-state index in [0.717, 1.165) is 51.3 Å². The van der Waals surface area contributed by atoms with Crippen molar-refractivity contribution in [3.63, 3.8) is 0 Å². The van der Waals surface area contributed by atoms with Crippen LogP contribution in [0.1, 0.15) is 41.8 Å². The lowest BCUT2D eigenvalue weighted by Gasteiger charge is -2.35. The maximum absolute atomic E-state index is 12.7. The van der Waals surface area contributed by atoms with Crippen LogP contribution in [-0.4, -0.2) is 60.1 Å². The number of likely N-dealkylation sites (tertiary alicyclic amines) is 1. The van der Waals surface area contributed by atoms with Gasteiger partial charge in [0.25, 0.3) is 5.91 Å².